The van der Waals surface area contributed by atoms with E-state index < -0.39 is 0 Å². The van der Waals surface area contributed by atoms with Crippen molar-refractivity contribution in [1.82, 2.24) is 9.97 Å². The van der Waals surface area contributed by atoms with Crippen molar-refractivity contribution in [1.29, 1.82) is 0 Å². The van der Waals surface area contributed by atoms with Gasteiger partial charge in [-0.1, -0.05) is 78.1 Å². The summed E-state index contributed by atoms with van der Waals surface area (Å²) in [5.41, 5.74) is 2.25. The van der Waals surface area contributed by atoms with Crippen LogP contribution >= 0.6 is 0 Å². The van der Waals surface area contributed by atoms with Crippen molar-refractivity contribution in [3.8, 4) is 17.1 Å². The molecule has 0 aliphatic rings. The van der Waals surface area contributed by atoms with Gasteiger partial charge in [0.25, 0.3) is 0 Å². The normalized spacial score (nSPS) is 11.1. The Morgan fingerprint density at radius 1 is 0.625 bits per heavy atom. The lowest BCUT2D eigenvalue weighted by Crippen LogP contribution is -2.07. The van der Waals surface area contributed by atoms with E-state index in [0.29, 0.717) is 13.2 Å². The third-order valence-corrected chi connectivity index (χ3v) is 5.78. The second-order valence-electron chi connectivity index (χ2n) is 8.69. The minimum Gasteiger partial charge on any atom is -0.491 e. The standard InChI is InChI=1S/C28H44N2O2/c1-3-5-7-9-10-11-13-15-25-23-29-28(30-24-25)26-16-18-27(19-17-26)32-22-21-31-20-14-12-8-6-4-2/h16-19,23-24H,3-15,20-22H2,1-2H3. The molecule has 1 heterocycles. The first-order valence-corrected chi connectivity index (χ1v) is 13.0. The average Bonchev–Trinajstić information content (AvgIpc) is 2.83. The molecule has 0 saturated heterocycles. The van der Waals surface area contributed by atoms with Gasteiger partial charge in [-0.05, 0) is 49.1 Å². The Morgan fingerprint density at radius 2 is 1.22 bits per heavy atom. The lowest BCUT2D eigenvalue weighted by molar-refractivity contribution is 0.0971. The lowest BCUT2D eigenvalue weighted by Gasteiger charge is -2.08. The van der Waals surface area contributed by atoms with Crippen molar-refractivity contribution in [2.75, 3.05) is 19.8 Å². The van der Waals surface area contributed by atoms with Crippen molar-refractivity contribution in [3.05, 3.63) is 42.2 Å². The number of hydrogen-bond donors (Lipinski definition) is 0. The molecule has 0 N–H and O–H groups in total. The van der Waals surface area contributed by atoms with E-state index in [4.69, 9.17) is 9.47 Å². The lowest BCUT2D eigenvalue weighted by atomic mass is 10.1. The highest BCUT2D eigenvalue weighted by atomic mass is 16.5. The number of nitrogens with zero attached hydrogens (tertiary/aromatic N) is 2. The highest BCUT2D eigenvalue weighted by molar-refractivity contribution is 5.55. The van der Waals surface area contributed by atoms with Gasteiger partial charge in [-0.15, -0.1) is 0 Å². The molecule has 0 aliphatic heterocycles. The van der Waals surface area contributed by atoms with Crippen LogP contribution in [0.5, 0.6) is 5.75 Å². The summed E-state index contributed by atoms with van der Waals surface area (Å²) >= 11 is 0. The summed E-state index contributed by atoms with van der Waals surface area (Å²) in [5.74, 6) is 1.63. The van der Waals surface area contributed by atoms with Crippen molar-refractivity contribution >= 4 is 0 Å². The van der Waals surface area contributed by atoms with Crippen molar-refractivity contribution in [3.63, 3.8) is 0 Å². The molecule has 0 aliphatic carbocycles. The van der Waals surface area contributed by atoms with E-state index in [1.54, 1.807) is 0 Å². The van der Waals surface area contributed by atoms with Crippen LogP contribution in [0.4, 0.5) is 0 Å². The molecular formula is C28H44N2O2. The molecule has 2 aromatic rings. The number of rotatable bonds is 19. The minimum atomic E-state index is 0.581. The fourth-order valence-electron chi connectivity index (χ4n) is 3.75. The number of unbranched alkanes of at least 4 members (excludes halogenated alkanes) is 10. The Hall–Kier alpha value is -1.94. The van der Waals surface area contributed by atoms with E-state index in [2.05, 4.69) is 23.8 Å². The van der Waals surface area contributed by atoms with E-state index in [9.17, 15) is 0 Å². The van der Waals surface area contributed by atoms with Crippen LogP contribution < -0.4 is 4.74 Å². The number of aryl methyl sites for hydroxylation is 1. The van der Waals surface area contributed by atoms with Gasteiger partial charge in [0, 0.05) is 24.6 Å². The molecular weight excluding hydrogens is 396 g/mol. The van der Waals surface area contributed by atoms with Crippen LogP contribution in [0.3, 0.4) is 0 Å². The highest BCUT2D eigenvalue weighted by Gasteiger charge is 2.03. The van der Waals surface area contributed by atoms with Gasteiger partial charge in [-0.3, -0.25) is 0 Å². The summed E-state index contributed by atoms with van der Waals surface area (Å²) in [6, 6.07) is 8.01. The van der Waals surface area contributed by atoms with Crippen LogP contribution in [-0.4, -0.2) is 29.8 Å². The van der Waals surface area contributed by atoms with Crippen LogP contribution in [0, 0.1) is 0 Å². The smallest absolute Gasteiger partial charge is 0.159 e. The van der Waals surface area contributed by atoms with E-state index >= 15 is 0 Å². The SMILES string of the molecule is CCCCCCCCCc1cnc(-c2ccc(OCCOCCCCCCC)cc2)nc1. The molecule has 0 radical (unpaired) electrons. The van der Waals surface area contributed by atoms with Crippen LogP contribution in [0.1, 0.15) is 96.5 Å². The topological polar surface area (TPSA) is 44.2 Å². The maximum Gasteiger partial charge on any atom is 0.159 e. The third-order valence-electron chi connectivity index (χ3n) is 5.78. The van der Waals surface area contributed by atoms with Crippen LogP contribution in [0.25, 0.3) is 11.4 Å². The number of ether oxygens (including phenoxy) is 2. The maximum atomic E-state index is 5.78. The summed E-state index contributed by atoms with van der Waals surface area (Å²) in [4.78, 5) is 9.14. The fourth-order valence-corrected chi connectivity index (χ4v) is 3.75. The van der Waals surface area contributed by atoms with Gasteiger partial charge in [0.05, 0.1) is 6.61 Å². The van der Waals surface area contributed by atoms with E-state index in [1.807, 2.05) is 36.7 Å². The molecule has 1 aromatic heterocycles. The molecule has 32 heavy (non-hydrogen) atoms. The molecule has 0 spiro atoms. The number of hydrogen-bond acceptors (Lipinski definition) is 4. The van der Waals surface area contributed by atoms with E-state index in [0.717, 1.165) is 36.6 Å². The molecule has 0 saturated carbocycles. The first-order chi connectivity index (χ1) is 15.8. The van der Waals surface area contributed by atoms with Gasteiger partial charge >= 0.3 is 0 Å². The number of benzene rings is 1. The first-order valence-electron chi connectivity index (χ1n) is 13.0. The molecule has 2 rings (SSSR count). The summed E-state index contributed by atoms with van der Waals surface area (Å²) in [6.07, 6.45) is 20.7. The van der Waals surface area contributed by atoms with Gasteiger partial charge in [0.15, 0.2) is 5.82 Å². The molecule has 0 atom stereocenters. The van der Waals surface area contributed by atoms with Gasteiger partial charge in [0.1, 0.15) is 12.4 Å². The Labute approximate surface area is 196 Å². The zero-order valence-electron chi connectivity index (χ0n) is 20.5. The summed E-state index contributed by atoms with van der Waals surface area (Å²) in [6.45, 7) is 6.55. The molecule has 178 valence electrons. The van der Waals surface area contributed by atoms with Crippen LogP contribution in [-0.2, 0) is 11.2 Å². The van der Waals surface area contributed by atoms with Crippen molar-refractivity contribution in [2.24, 2.45) is 0 Å². The second-order valence-corrected chi connectivity index (χ2v) is 8.69. The van der Waals surface area contributed by atoms with Crippen molar-refractivity contribution < 1.29 is 9.47 Å². The Morgan fingerprint density at radius 3 is 1.88 bits per heavy atom. The Bertz CT molecular complexity index is 686. The molecule has 0 fully saturated rings. The molecule has 0 unspecified atom stereocenters. The largest absolute Gasteiger partial charge is 0.491 e. The Balaban J connectivity index is 1.60. The number of aromatic nitrogens is 2. The van der Waals surface area contributed by atoms with Crippen LogP contribution in [0.2, 0.25) is 0 Å². The highest BCUT2D eigenvalue weighted by Crippen LogP contribution is 2.19. The molecule has 0 bridgehead atoms. The van der Waals surface area contributed by atoms with E-state index in [-0.39, 0.29) is 0 Å². The van der Waals surface area contributed by atoms with Gasteiger partial charge in [-0.25, -0.2) is 9.97 Å². The van der Waals surface area contributed by atoms with Crippen molar-refractivity contribution in [2.45, 2.75) is 97.3 Å². The fraction of sp³-hybridized carbons (Fsp3) is 0.643. The molecule has 1 aromatic carbocycles. The van der Waals surface area contributed by atoms with E-state index in [1.165, 1.54) is 76.2 Å². The average molecular weight is 441 g/mol. The summed E-state index contributed by atoms with van der Waals surface area (Å²) < 4.78 is 11.4. The molecule has 4 nitrogen and oxygen atoms in total. The third kappa shape index (κ3) is 11.6. The van der Waals surface area contributed by atoms with Gasteiger partial charge in [0.2, 0.25) is 0 Å². The van der Waals surface area contributed by atoms with Gasteiger partial charge < -0.3 is 9.47 Å². The first kappa shape index (κ1) is 26.3. The maximum absolute atomic E-state index is 5.78. The zero-order chi connectivity index (χ0) is 22.7. The predicted molar refractivity (Wildman–Crippen MR) is 134 cm³/mol. The quantitative estimate of drug-likeness (QED) is 0.209. The Kier molecular flexibility index (Phi) is 14.5. The summed E-state index contributed by atoms with van der Waals surface area (Å²) in [7, 11) is 0. The second kappa shape index (κ2) is 17.6. The predicted octanol–water partition coefficient (Wildman–Crippen LogP) is 7.80. The zero-order valence-corrected chi connectivity index (χ0v) is 20.5. The summed E-state index contributed by atoms with van der Waals surface area (Å²) in [5, 5.41) is 0. The molecule has 4 heteroatoms. The van der Waals surface area contributed by atoms with Crippen LogP contribution in [0.15, 0.2) is 36.7 Å². The molecule has 0 amide bonds. The minimum absolute atomic E-state index is 0.581. The monoisotopic (exact) mass is 440 g/mol. The van der Waals surface area contributed by atoms with Gasteiger partial charge in [-0.2, -0.15) is 0 Å².